The molecular weight excluding hydrogens is 566 g/mol. The molecule has 11 heteroatoms. The molecule has 1 aromatic rings. The number of benzene rings is 1. The molecule has 1 spiro atoms. The van der Waals surface area contributed by atoms with Crippen LogP contribution in [0, 0.1) is 11.8 Å². The number of fused-ring (bicyclic) bond motifs is 2. The highest BCUT2D eigenvalue weighted by Gasteiger charge is 2.73. The number of carbonyl (C=O) groups is 4. The number of nitrogens with zero attached hydrogens (tertiary/aromatic N) is 2. The number of hydrogen-bond acceptors (Lipinski definition) is 8. The van der Waals surface area contributed by atoms with E-state index in [2.05, 4.69) is 5.32 Å². The van der Waals surface area contributed by atoms with Crippen LogP contribution in [0.5, 0.6) is 0 Å². The first-order valence-corrected chi connectivity index (χ1v) is 15.3. The van der Waals surface area contributed by atoms with Crippen molar-refractivity contribution in [1.29, 1.82) is 0 Å². The molecule has 0 radical (unpaired) electrons. The van der Waals surface area contributed by atoms with Crippen LogP contribution in [0.1, 0.15) is 51.7 Å². The Hall–Kier alpha value is -3.54. The fourth-order valence-corrected chi connectivity index (χ4v) is 6.94. The summed E-state index contributed by atoms with van der Waals surface area (Å²) in [4.78, 5) is 59.1. The van der Waals surface area contributed by atoms with E-state index in [4.69, 9.17) is 14.2 Å². The Kier molecular flexibility index (Phi) is 9.29. The predicted molar refractivity (Wildman–Crippen MR) is 160 cm³/mol. The molecule has 4 aliphatic heterocycles. The number of ether oxygens (including phenoxy) is 3. The number of allylic oxidation sites excluding steroid dienone is 1. The minimum atomic E-state index is -1.36. The van der Waals surface area contributed by atoms with Gasteiger partial charge >= 0.3 is 5.97 Å². The highest BCUT2D eigenvalue weighted by atomic mass is 16.6. The van der Waals surface area contributed by atoms with Crippen LogP contribution in [0.3, 0.4) is 0 Å². The normalized spacial score (nSPS) is 33.4. The van der Waals surface area contributed by atoms with Crippen LogP contribution in [0.2, 0.25) is 0 Å². The van der Waals surface area contributed by atoms with Crippen LogP contribution < -0.4 is 5.32 Å². The number of carbonyl (C=O) groups excluding carboxylic acids is 4. The van der Waals surface area contributed by atoms with Crippen LogP contribution in [-0.2, 0) is 33.4 Å². The minimum Gasteiger partial charge on any atom is -0.455 e. The lowest BCUT2D eigenvalue weighted by Gasteiger charge is -2.41. The SMILES string of the molecule is COC[C@@H]1NC(=O)CC/C=C\CN(C(C)(C)C)C(=O)[C@H]2N(CCCO)C(=O)[C@@H]3[C@@H](C(=O)O[C@H]1c1ccccc1)[C@H]1C=C[C@]32O1. The molecule has 5 rings (SSSR count). The summed E-state index contributed by atoms with van der Waals surface area (Å²) in [5.74, 6) is -3.57. The summed E-state index contributed by atoms with van der Waals surface area (Å²) < 4.78 is 18.1. The molecule has 7 atom stereocenters. The average Bonchev–Trinajstić information content (AvgIpc) is 3.62. The van der Waals surface area contributed by atoms with Gasteiger partial charge in [0.1, 0.15) is 23.7 Å². The number of methoxy groups -OCH3 is 1. The number of aliphatic hydroxyl groups is 1. The maximum Gasteiger partial charge on any atom is 0.313 e. The lowest BCUT2D eigenvalue weighted by atomic mass is 9.74. The van der Waals surface area contributed by atoms with E-state index in [1.807, 2.05) is 63.3 Å². The zero-order valence-corrected chi connectivity index (χ0v) is 25.8. The molecule has 2 saturated heterocycles. The third kappa shape index (κ3) is 5.80. The predicted octanol–water partition coefficient (Wildman–Crippen LogP) is 1.91. The third-order valence-corrected chi connectivity index (χ3v) is 8.93. The summed E-state index contributed by atoms with van der Waals surface area (Å²) in [6.45, 7) is 6.06. The summed E-state index contributed by atoms with van der Waals surface area (Å²) in [6, 6.07) is 7.37. The van der Waals surface area contributed by atoms with E-state index < -0.39 is 53.2 Å². The Morgan fingerprint density at radius 1 is 1.09 bits per heavy atom. The van der Waals surface area contributed by atoms with Gasteiger partial charge in [-0.05, 0) is 39.2 Å². The van der Waals surface area contributed by atoms with Crippen molar-refractivity contribution in [3.8, 4) is 0 Å². The molecule has 238 valence electrons. The van der Waals surface area contributed by atoms with Crippen molar-refractivity contribution in [2.45, 2.75) is 75.5 Å². The molecule has 5 bridgehead atoms. The fourth-order valence-electron chi connectivity index (χ4n) is 6.94. The number of esters is 1. The van der Waals surface area contributed by atoms with Gasteiger partial charge in [-0.15, -0.1) is 0 Å². The second-order valence-corrected chi connectivity index (χ2v) is 12.8. The molecule has 11 nitrogen and oxygen atoms in total. The van der Waals surface area contributed by atoms with Gasteiger partial charge < -0.3 is 34.4 Å². The van der Waals surface area contributed by atoms with Crippen LogP contribution in [-0.4, -0.2) is 101 Å². The second-order valence-electron chi connectivity index (χ2n) is 12.8. The first-order valence-electron chi connectivity index (χ1n) is 15.3. The van der Waals surface area contributed by atoms with Crippen molar-refractivity contribution in [2.24, 2.45) is 11.8 Å². The van der Waals surface area contributed by atoms with E-state index in [0.717, 1.165) is 0 Å². The molecular formula is C33H43N3O8. The molecule has 0 saturated carbocycles. The zero-order chi connectivity index (χ0) is 31.6. The molecule has 44 heavy (non-hydrogen) atoms. The minimum absolute atomic E-state index is 0.0806. The number of hydrogen-bond donors (Lipinski definition) is 2. The Labute approximate surface area is 258 Å². The Morgan fingerprint density at radius 3 is 2.52 bits per heavy atom. The van der Waals surface area contributed by atoms with Gasteiger partial charge in [-0.2, -0.15) is 0 Å². The lowest BCUT2D eigenvalue weighted by molar-refractivity contribution is -0.162. The van der Waals surface area contributed by atoms with Gasteiger partial charge in [-0.1, -0.05) is 54.6 Å². The van der Waals surface area contributed by atoms with Gasteiger partial charge in [0.05, 0.1) is 24.7 Å². The first-order chi connectivity index (χ1) is 21.0. The molecule has 4 heterocycles. The number of likely N-dealkylation sites (tertiary alicyclic amines) is 1. The van der Waals surface area contributed by atoms with Crippen molar-refractivity contribution < 1.29 is 38.5 Å². The molecule has 3 amide bonds. The van der Waals surface area contributed by atoms with E-state index in [9.17, 15) is 24.3 Å². The van der Waals surface area contributed by atoms with Crippen molar-refractivity contribution >= 4 is 23.7 Å². The molecule has 1 aromatic carbocycles. The maximum absolute atomic E-state index is 14.5. The molecule has 4 aliphatic rings. The number of rotatable bonds is 6. The van der Waals surface area contributed by atoms with Crippen LogP contribution in [0.4, 0.5) is 0 Å². The van der Waals surface area contributed by atoms with E-state index in [0.29, 0.717) is 12.0 Å². The highest BCUT2D eigenvalue weighted by molar-refractivity contribution is 5.99. The summed E-state index contributed by atoms with van der Waals surface area (Å²) in [6.07, 6.45) is 6.44. The number of amides is 3. The van der Waals surface area contributed by atoms with Crippen molar-refractivity contribution in [1.82, 2.24) is 15.1 Å². The van der Waals surface area contributed by atoms with Crippen molar-refractivity contribution in [3.63, 3.8) is 0 Å². The number of nitrogens with one attached hydrogen (secondary N) is 1. The largest absolute Gasteiger partial charge is 0.455 e. The van der Waals surface area contributed by atoms with Gasteiger partial charge in [0, 0.05) is 38.8 Å². The van der Waals surface area contributed by atoms with Gasteiger partial charge in [0.2, 0.25) is 17.7 Å². The van der Waals surface area contributed by atoms with Gasteiger partial charge in [-0.25, -0.2) is 0 Å². The Balaban J connectivity index is 1.60. The smallest absolute Gasteiger partial charge is 0.313 e. The second kappa shape index (κ2) is 12.8. The Bertz CT molecular complexity index is 1310. The van der Waals surface area contributed by atoms with Crippen molar-refractivity contribution in [3.05, 3.63) is 60.2 Å². The standard InChI is InChI=1S/C33H43N3O8/c1-32(2,3)36-18-10-6-9-14-24(38)34-22(20-42-4)27(21-12-7-5-8-13-21)43-31(41)25-23-15-16-33(44-23)26(25)29(39)35(17-11-19-37)28(33)30(36)40/h5-8,10,12-13,15-16,22-23,25-28,37H,9,11,14,17-20H2,1-4H3,(H,34,38)/b10-6-/t22-,23+,25-,26-,27-,28+,33-/m0/s1. The summed E-state index contributed by atoms with van der Waals surface area (Å²) >= 11 is 0. The fraction of sp³-hybridized carbons (Fsp3) is 0.576. The van der Waals surface area contributed by atoms with Crippen LogP contribution in [0.15, 0.2) is 54.6 Å². The lowest BCUT2D eigenvalue weighted by Crippen LogP contribution is -2.59. The van der Waals surface area contributed by atoms with Crippen LogP contribution >= 0.6 is 0 Å². The van der Waals surface area contributed by atoms with Gasteiger partial charge in [0.15, 0.2) is 0 Å². The number of cyclic esters (lactones) is 1. The molecule has 2 fully saturated rings. The molecule has 0 aliphatic carbocycles. The van der Waals surface area contributed by atoms with Gasteiger partial charge in [0.25, 0.3) is 0 Å². The molecule has 0 aromatic heterocycles. The van der Waals surface area contributed by atoms with Gasteiger partial charge in [-0.3, -0.25) is 19.2 Å². The topological polar surface area (TPSA) is 135 Å². The summed E-state index contributed by atoms with van der Waals surface area (Å²) in [5.41, 5.74) is -1.31. The quantitative estimate of drug-likeness (QED) is 0.369. The van der Waals surface area contributed by atoms with E-state index in [1.54, 1.807) is 17.1 Å². The van der Waals surface area contributed by atoms with E-state index in [-0.39, 0.29) is 56.9 Å². The molecule has 0 unspecified atom stereocenters. The van der Waals surface area contributed by atoms with Crippen LogP contribution in [0.25, 0.3) is 0 Å². The molecule has 2 N–H and O–H groups in total. The monoisotopic (exact) mass is 609 g/mol. The summed E-state index contributed by atoms with van der Waals surface area (Å²) in [7, 11) is 1.51. The van der Waals surface area contributed by atoms with Crippen molar-refractivity contribution in [2.75, 3.05) is 33.4 Å². The number of aliphatic hydroxyl groups excluding tert-OH is 1. The first kappa shape index (κ1) is 31.9. The zero-order valence-electron chi connectivity index (χ0n) is 25.8. The Morgan fingerprint density at radius 2 is 1.84 bits per heavy atom. The maximum atomic E-state index is 14.5. The summed E-state index contributed by atoms with van der Waals surface area (Å²) in [5, 5.41) is 12.6. The van der Waals surface area contributed by atoms with E-state index in [1.165, 1.54) is 12.0 Å². The highest BCUT2D eigenvalue weighted by Crippen LogP contribution is 2.56. The van der Waals surface area contributed by atoms with E-state index >= 15 is 0 Å². The average molecular weight is 610 g/mol. The third-order valence-electron chi connectivity index (χ3n) is 8.93.